The molecule has 0 radical (unpaired) electrons. The molecule has 2 N–H and O–H groups in total. The molecular formula is C26H21FN2O8S. The van der Waals surface area contributed by atoms with Gasteiger partial charge >= 0.3 is 5.97 Å². The number of carbonyl (C=O) groups excluding carboxylic acids is 3. The molecule has 1 saturated heterocycles. The molecule has 0 aliphatic carbocycles. The number of aromatic carboxylic acids is 1. The monoisotopic (exact) mass is 540 g/mol. The van der Waals surface area contributed by atoms with Crippen LogP contribution in [0.15, 0.2) is 63.9 Å². The van der Waals surface area contributed by atoms with Gasteiger partial charge in [-0.1, -0.05) is 6.07 Å². The van der Waals surface area contributed by atoms with Gasteiger partial charge in [0.05, 0.1) is 11.5 Å². The highest BCUT2D eigenvalue weighted by atomic mass is 32.2. The van der Waals surface area contributed by atoms with Crippen molar-refractivity contribution in [1.29, 1.82) is 0 Å². The van der Waals surface area contributed by atoms with Gasteiger partial charge in [-0.2, -0.15) is 0 Å². The second kappa shape index (κ2) is 11.6. The summed E-state index contributed by atoms with van der Waals surface area (Å²) in [5.41, 5.74) is 0.882. The molecule has 0 unspecified atom stereocenters. The molecule has 0 bridgehead atoms. The third kappa shape index (κ3) is 6.40. The average molecular weight is 541 g/mol. The van der Waals surface area contributed by atoms with E-state index in [4.69, 9.17) is 19.0 Å². The molecule has 1 aromatic heterocycles. The highest BCUT2D eigenvalue weighted by Gasteiger charge is 2.36. The Morgan fingerprint density at radius 1 is 1.08 bits per heavy atom. The number of furan rings is 1. The fourth-order valence-electron chi connectivity index (χ4n) is 3.39. The Morgan fingerprint density at radius 2 is 1.84 bits per heavy atom. The van der Waals surface area contributed by atoms with Crippen LogP contribution in [0.4, 0.5) is 14.9 Å². The van der Waals surface area contributed by atoms with E-state index in [1.165, 1.54) is 42.5 Å². The number of imide groups is 1. The van der Waals surface area contributed by atoms with Crippen molar-refractivity contribution in [2.75, 3.05) is 18.5 Å². The number of carbonyl (C=O) groups is 4. The lowest BCUT2D eigenvalue weighted by molar-refractivity contribution is -0.127. The van der Waals surface area contributed by atoms with Gasteiger partial charge in [-0.15, -0.1) is 0 Å². The van der Waals surface area contributed by atoms with E-state index >= 15 is 0 Å². The summed E-state index contributed by atoms with van der Waals surface area (Å²) < 4.78 is 29.6. The van der Waals surface area contributed by atoms with Gasteiger partial charge in [-0.05, 0) is 78.9 Å². The van der Waals surface area contributed by atoms with Gasteiger partial charge in [-0.25, -0.2) is 9.18 Å². The molecule has 3 amide bonds. The molecule has 0 atom stereocenters. The fraction of sp³-hybridized carbons (Fsp3) is 0.154. The molecule has 1 fully saturated rings. The minimum atomic E-state index is -1.19. The summed E-state index contributed by atoms with van der Waals surface area (Å²) in [5, 5.41) is 10.9. The van der Waals surface area contributed by atoms with Crippen molar-refractivity contribution < 1.29 is 42.6 Å². The molecule has 196 valence electrons. The molecule has 12 heteroatoms. The van der Waals surface area contributed by atoms with Crippen LogP contribution in [0.25, 0.3) is 6.08 Å². The molecule has 0 spiro atoms. The number of benzene rings is 2. The maximum atomic E-state index is 13.0. The number of amides is 3. The van der Waals surface area contributed by atoms with Crippen LogP contribution in [0.5, 0.6) is 11.5 Å². The zero-order valence-electron chi connectivity index (χ0n) is 19.9. The largest absolute Gasteiger partial charge is 0.490 e. The zero-order chi connectivity index (χ0) is 27.2. The maximum Gasteiger partial charge on any atom is 0.371 e. The lowest BCUT2D eigenvalue weighted by Crippen LogP contribution is -2.36. The zero-order valence-corrected chi connectivity index (χ0v) is 20.7. The Balaban J connectivity index is 1.43. The summed E-state index contributed by atoms with van der Waals surface area (Å²) >= 11 is 0.699. The molecule has 2 heterocycles. The van der Waals surface area contributed by atoms with Crippen molar-refractivity contribution in [2.24, 2.45) is 0 Å². The normalized spacial score (nSPS) is 14.2. The molecule has 38 heavy (non-hydrogen) atoms. The first-order valence-electron chi connectivity index (χ1n) is 11.3. The lowest BCUT2D eigenvalue weighted by atomic mass is 10.2. The van der Waals surface area contributed by atoms with Crippen LogP contribution >= 0.6 is 11.8 Å². The number of hydrogen-bond donors (Lipinski definition) is 2. The number of thioether (sulfide) groups is 1. The molecular weight excluding hydrogens is 519 g/mol. The van der Waals surface area contributed by atoms with Crippen LogP contribution in [0, 0.1) is 5.82 Å². The molecule has 1 aliphatic heterocycles. The number of nitrogens with zero attached hydrogens (tertiary/aromatic N) is 1. The Hall–Kier alpha value is -4.58. The van der Waals surface area contributed by atoms with E-state index in [1.807, 2.05) is 0 Å². The maximum absolute atomic E-state index is 13.0. The first-order chi connectivity index (χ1) is 18.2. The minimum absolute atomic E-state index is 0.0361. The Bertz CT molecular complexity index is 1420. The second-order valence-corrected chi connectivity index (χ2v) is 8.82. The van der Waals surface area contributed by atoms with Gasteiger partial charge < -0.3 is 24.3 Å². The van der Waals surface area contributed by atoms with Gasteiger partial charge in [0.25, 0.3) is 11.1 Å². The SMILES string of the molecule is CCOc1cc(C=C2SC(=O)N(CC(=O)Nc3ccc(F)cc3)C2=O)ccc1OCc1ccc(C(=O)O)o1. The minimum Gasteiger partial charge on any atom is -0.490 e. The van der Waals surface area contributed by atoms with Crippen molar-refractivity contribution in [1.82, 2.24) is 4.90 Å². The van der Waals surface area contributed by atoms with Gasteiger partial charge in [-0.3, -0.25) is 19.3 Å². The number of carboxylic acid groups (broad SMARTS) is 1. The first-order valence-corrected chi connectivity index (χ1v) is 12.1. The number of ether oxygens (including phenoxy) is 2. The van der Waals surface area contributed by atoms with Crippen molar-refractivity contribution in [3.63, 3.8) is 0 Å². The summed E-state index contributed by atoms with van der Waals surface area (Å²) in [4.78, 5) is 49.5. The summed E-state index contributed by atoms with van der Waals surface area (Å²) in [6.45, 7) is 1.58. The Labute approximate surface area is 220 Å². The lowest BCUT2D eigenvalue weighted by Gasteiger charge is -2.13. The molecule has 3 aromatic rings. The van der Waals surface area contributed by atoms with Crippen LogP contribution in [-0.4, -0.2) is 46.2 Å². The van der Waals surface area contributed by atoms with Gasteiger partial charge in [0.15, 0.2) is 11.5 Å². The van der Waals surface area contributed by atoms with E-state index in [1.54, 1.807) is 25.1 Å². The second-order valence-electron chi connectivity index (χ2n) is 7.82. The molecule has 10 nitrogen and oxygen atoms in total. The van der Waals surface area contributed by atoms with E-state index in [0.29, 0.717) is 46.9 Å². The van der Waals surface area contributed by atoms with E-state index in [0.717, 1.165) is 4.90 Å². The molecule has 1 aliphatic rings. The summed E-state index contributed by atoms with van der Waals surface area (Å²) in [6.07, 6.45) is 1.50. The van der Waals surface area contributed by atoms with Crippen LogP contribution in [-0.2, 0) is 16.2 Å². The Morgan fingerprint density at radius 3 is 2.53 bits per heavy atom. The average Bonchev–Trinajstić information content (AvgIpc) is 3.46. The van der Waals surface area contributed by atoms with E-state index in [-0.39, 0.29) is 17.3 Å². The predicted molar refractivity (Wildman–Crippen MR) is 135 cm³/mol. The quantitative estimate of drug-likeness (QED) is 0.349. The van der Waals surface area contributed by atoms with Crippen LogP contribution in [0.1, 0.15) is 28.8 Å². The number of nitrogens with one attached hydrogen (secondary N) is 1. The van der Waals surface area contributed by atoms with Gasteiger partial charge in [0, 0.05) is 5.69 Å². The van der Waals surface area contributed by atoms with E-state index in [2.05, 4.69) is 5.32 Å². The fourth-order valence-corrected chi connectivity index (χ4v) is 4.22. The topological polar surface area (TPSA) is 135 Å². The highest BCUT2D eigenvalue weighted by Crippen LogP contribution is 2.35. The predicted octanol–water partition coefficient (Wildman–Crippen LogP) is 4.77. The Kier molecular flexibility index (Phi) is 8.12. The first kappa shape index (κ1) is 26.5. The number of carboxylic acids is 1. The third-order valence-corrected chi connectivity index (χ3v) is 6.02. The van der Waals surface area contributed by atoms with E-state index < -0.39 is 35.4 Å². The number of anilines is 1. The molecule has 0 saturated carbocycles. The van der Waals surface area contributed by atoms with Gasteiger partial charge in [0.1, 0.15) is 24.7 Å². The van der Waals surface area contributed by atoms with Crippen molar-refractivity contribution in [3.8, 4) is 11.5 Å². The number of rotatable bonds is 10. The highest BCUT2D eigenvalue weighted by molar-refractivity contribution is 8.18. The van der Waals surface area contributed by atoms with Crippen molar-refractivity contribution in [3.05, 3.63) is 82.4 Å². The summed E-state index contributed by atoms with van der Waals surface area (Å²) in [6, 6.07) is 12.8. The van der Waals surface area contributed by atoms with Crippen LogP contribution in [0.3, 0.4) is 0 Å². The summed E-state index contributed by atoms with van der Waals surface area (Å²) in [5.74, 6) is -2.04. The van der Waals surface area contributed by atoms with Crippen molar-refractivity contribution in [2.45, 2.75) is 13.5 Å². The number of hydrogen-bond acceptors (Lipinski definition) is 8. The van der Waals surface area contributed by atoms with Crippen molar-refractivity contribution >= 4 is 46.5 Å². The molecule has 2 aromatic carbocycles. The smallest absolute Gasteiger partial charge is 0.371 e. The van der Waals surface area contributed by atoms with Crippen LogP contribution < -0.4 is 14.8 Å². The van der Waals surface area contributed by atoms with Crippen LogP contribution in [0.2, 0.25) is 0 Å². The third-order valence-electron chi connectivity index (χ3n) is 5.11. The summed E-state index contributed by atoms with van der Waals surface area (Å²) in [7, 11) is 0. The van der Waals surface area contributed by atoms with E-state index in [9.17, 15) is 23.6 Å². The van der Waals surface area contributed by atoms with Gasteiger partial charge in [0.2, 0.25) is 11.7 Å². The molecule has 4 rings (SSSR count). The number of halogens is 1. The standard InChI is InChI=1S/C26H21FN2O8S/c1-2-35-21-11-15(3-9-19(21)36-14-18-8-10-20(37-18)25(32)33)12-22-24(31)29(26(34)38-22)13-23(30)28-17-6-4-16(27)5-7-17/h3-12H,2,13-14H2,1H3,(H,28,30)(H,32,33).